The minimum absolute atomic E-state index is 0.0287. The van der Waals surface area contributed by atoms with Crippen LogP contribution in [0, 0.1) is 5.92 Å². The van der Waals surface area contributed by atoms with Crippen LogP contribution >= 0.6 is 0 Å². The molecule has 2 fully saturated rings. The number of carbonyl (C=O) groups is 5. The van der Waals surface area contributed by atoms with E-state index in [0.717, 1.165) is 69.5 Å². The van der Waals surface area contributed by atoms with Crippen LogP contribution in [0.2, 0.25) is 0 Å². The van der Waals surface area contributed by atoms with Crippen molar-refractivity contribution in [3.05, 3.63) is 29.3 Å². The maximum Gasteiger partial charge on any atom is 0.266 e. The van der Waals surface area contributed by atoms with Crippen LogP contribution in [0.15, 0.2) is 18.2 Å². The minimum Gasteiger partial charge on any atom is -0.493 e. The third-order valence-electron chi connectivity index (χ3n) is 7.30. The molecule has 194 valence electrons. The number of ether oxygens (including phenoxy) is 1. The smallest absolute Gasteiger partial charge is 0.266 e. The lowest BCUT2D eigenvalue weighted by atomic mass is 9.96. The van der Waals surface area contributed by atoms with Crippen LogP contribution < -0.4 is 15.8 Å². The predicted octanol–water partition coefficient (Wildman–Crippen LogP) is 1.61. The van der Waals surface area contributed by atoms with Crippen molar-refractivity contribution in [2.75, 3.05) is 26.2 Å². The average Bonchev–Trinajstić information content (AvgIpc) is 3.11. The van der Waals surface area contributed by atoms with E-state index in [0.29, 0.717) is 12.4 Å². The summed E-state index contributed by atoms with van der Waals surface area (Å²) in [6.45, 7) is 3.34. The normalized spacial score (nSPS) is 21.0. The second kappa shape index (κ2) is 11.6. The quantitative estimate of drug-likeness (QED) is 0.349. The van der Waals surface area contributed by atoms with Gasteiger partial charge in [-0.2, -0.15) is 0 Å². The summed E-state index contributed by atoms with van der Waals surface area (Å²) < 4.78 is 5.88. The van der Waals surface area contributed by atoms with E-state index in [9.17, 15) is 24.0 Å². The van der Waals surface area contributed by atoms with Gasteiger partial charge in [-0.3, -0.25) is 34.2 Å². The van der Waals surface area contributed by atoms with Gasteiger partial charge in [0.05, 0.1) is 17.7 Å². The Bertz CT molecular complexity index is 1030. The Balaban J connectivity index is 1.18. The van der Waals surface area contributed by atoms with Gasteiger partial charge in [-0.05, 0) is 63.9 Å². The number of fused-ring (bicyclic) bond motifs is 1. The van der Waals surface area contributed by atoms with E-state index in [1.54, 1.807) is 18.2 Å². The maximum atomic E-state index is 13.1. The molecule has 3 heterocycles. The molecular weight excluding hydrogens is 464 g/mol. The van der Waals surface area contributed by atoms with E-state index in [4.69, 9.17) is 10.5 Å². The molecule has 0 aromatic heterocycles. The molecule has 3 aliphatic rings. The molecule has 3 aliphatic heterocycles. The van der Waals surface area contributed by atoms with Crippen molar-refractivity contribution in [2.24, 2.45) is 11.7 Å². The van der Waals surface area contributed by atoms with Crippen LogP contribution in [0.5, 0.6) is 5.75 Å². The van der Waals surface area contributed by atoms with E-state index < -0.39 is 29.7 Å². The highest BCUT2D eigenvalue weighted by Gasteiger charge is 2.46. The first-order valence-corrected chi connectivity index (χ1v) is 12.9. The molecule has 1 aromatic rings. The molecule has 2 saturated heterocycles. The maximum absolute atomic E-state index is 13.1. The van der Waals surface area contributed by atoms with Crippen molar-refractivity contribution < 1.29 is 28.7 Å². The number of imide groups is 2. The van der Waals surface area contributed by atoms with Gasteiger partial charge < -0.3 is 15.4 Å². The topological polar surface area (TPSA) is 139 Å². The number of nitrogens with two attached hydrogens (primary N) is 1. The Morgan fingerprint density at radius 1 is 0.972 bits per heavy atom. The van der Waals surface area contributed by atoms with Crippen LogP contribution in [0.4, 0.5) is 0 Å². The SMILES string of the molecule is NC(=O)C1CCN(CCCCCCCOc2cccc3c2C(=O)N(C2CCC(=O)NC2=O)C3=O)CC1. The van der Waals surface area contributed by atoms with Crippen LogP contribution in [0.25, 0.3) is 0 Å². The summed E-state index contributed by atoms with van der Waals surface area (Å²) in [4.78, 5) is 64.3. The highest BCUT2D eigenvalue weighted by atomic mass is 16.5. The van der Waals surface area contributed by atoms with Gasteiger partial charge in [-0.25, -0.2) is 0 Å². The summed E-state index contributed by atoms with van der Waals surface area (Å²) in [7, 11) is 0. The van der Waals surface area contributed by atoms with Crippen LogP contribution in [-0.2, 0) is 14.4 Å². The van der Waals surface area contributed by atoms with Gasteiger partial charge in [-0.1, -0.05) is 25.3 Å². The Kier molecular flexibility index (Phi) is 8.35. The zero-order chi connectivity index (χ0) is 25.7. The minimum atomic E-state index is -0.988. The lowest BCUT2D eigenvalue weighted by Gasteiger charge is -2.30. The van der Waals surface area contributed by atoms with Gasteiger partial charge in [0, 0.05) is 12.3 Å². The molecule has 0 bridgehead atoms. The lowest BCUT2D eigenvalue weighted by Crippen LogP contribution is -2.54. The van der Waals surface area contributed by atoms with Crippen LogP contribution in [0.3, 0.4) is 0 Å². The lowest BCUT2D eigenvalue weighted by molar-refractivity contribution is -0.136. The molecule has 10 heteroatoms. The standard InChI is InChI=1S/C26H34N4O6/c27-23(32)17-11-14-29(15-12-17)13-4-2-1-3-5-16-36-20-8-6-7-18-22(20)26(35)30(25(18)34)19-9-10-21(31)28-24(19)33/h6-8,17,19H,1-5,9-16H2,(H2,27,32)(H,28,31,33). The molecule has 1 aromatic carbocycles. The van der Waals surface area contributed by atoms with E-state index in [1.807, 2.05) is 0 Å². The van der Waals surface area contributed by atoms with Crippen molar-refractivity contribution in [3.63, 3.8) is 0 Å². The Labute approximate surface area is 210 Å². The zero-order valence-electron chi connectivity index (χ0n) is 20.5. The molecule has 5 amide bonds. The number of rotatable bonds is 11. The van der Waals surface area contributed by atoms with Crippen molar-refractivity contribution in [1.82, 2.24) is 15.1 Å². The van der Waals surface area contributed by atoms with Crippen molar-refractivity contribution in [3.8, 4) is 5.75 Å². The Morgan fingerprint density at radius 2 is 1.69 bits per heavy atom. The van der Waals surface area contributed by atoms with E-state index in [2.05, 4.69) is 10.2 Å². The van der Waals surface area contributed by atoms with Crippen molar-refractivity contribution >= 4 is 29.5 Å². The molecule has 4 rings (SSSR count). The molecule has 36 heavy (non-hydrogen) atoms. The Hall–Kier alpha value is -3.27. The number of primary amides is 1. The first kappa shape index (κ1) is 25.8. The van der Waals surface area contributed by atoms with Crippen LogP contribution in [0.1, 0.15) is 78.5 Å². The number of nitrogens with zero attached hydrogens (tertiary/aromatic N) is 2. The molecular formula is C26H34N4O6. The number of hydrogen-bond acceptors (Lipinski definition) is 7. The van der Waals surface area contributed by atoms with Gasteiger partial charge in [-0.15, -0.1) is 0 Å². The molecule has 3 N–H and O–H groups in total. The Morgan fingerprint density at radius 3 is 2.42 bits per heavy atom. The van der Waals surface area contributed by atoms with Crippen molar-refractivity contribution in [2.45, 2.75) is 63.8 Å². The number of hydrogen-bond donors (Lipinski definition) is 2. The third kappa shape index (κ3) is 5.75. The summed E-state index contributed by atoms with van der Waals surface area (Å²) in [6, 6.07) is 3.90. The summed E-state index contributed by atoms with van der Waals surface area (Å²) in [5, 5.41) is 2.20. The fourth-order valence-electron chi connectivity index (χ4n) is 5.20. The summed E-state index contributed by atoms with van der Waals surface area (Å²) >= 11 is 0. The fraction of sp³-hybridized carbons (Fsp3) is 0.577. The summed E-state index contributed by atoms with van der Waals surface area (Å²) in [5.74, 6) is -1.92. The number of unbranched alkanes of at least 4 members (excludes halogenated alkanes) is 4. The van der Waals surface area contributed by atoms with Gasteiger partial charge >= 0.3 is 0 Å². The van der Waals surface area contributed by atoms with Gasteiger partial charge in [0.2, 0.25) is 17.7 Å². The molecule has 1 unspecified atom stereocenters. The number of likely N-dealkylation sites (tertiary alicyclic amines) is 1. The number of carbonyl (C=O) groups excluding carboxylic acids is 5. The molecule has 0 saturated carbocycles. The molecule has 0 spiro atoms. The monoisotopic (exact) mass is 498 g/mol. The third-order valence-corrected chi connectivity index (χ3v) is 7.30. The summed E-state index contributed by atoms with van der Waals surface area (Å²) in [6.07, 6.45) is 7.05. The van der Waals surface area contributed by atoms with Gasteiger partial charge in [0.15, 0.2) is 0 Å². The molecule has 0 aliphatic carbocycles. The van der Waals surface area contributed by atoms with Gasteiger partial charge in [0.1, 0.15) is 11.8 Å². The molecule has 1 atom stereocenters. The van der Waals surface area contributed by atoms with E-state index >= 15 is 0 Å². The fourth-order valence-corrected chi connectivity index (χ4v) is 5.20. The number of amides is 5. The van der Waals surface area contributed by atoms with E-state index in [-0.39, 0.29) is 35.8 Å². The first-order valence-electron chi connectivity index (χ1n) is 12.9. The van der Waals surface area contributed by atoms with E-state index in [1.165, 1.54) is 0 Å². The summed E-state index contributed by atoms with van der Waals surface area (Å²) in [5.41, 5.74) is 5.80. The van der Waals surface area contributed by atoms with Crippen LogP contribution in [-0.4, -0.2) is 71.6 Å². The average molecular weight is 499 g/mol. The second-order valence-electron chi connectivity index (χ2n) is 9.76. The number of nitrogens with one attached hydrogen (secondary N) is 1. The first-order chi connectivity index (χ1) is 17.4. The van der Waals surface area contributed by atoms with Crippen molar-refractivity contribution in [1.29, 1.82) is 0 Å². The highest BCUT2D eigenvalue weighted by Crippen LogP contribution is 2.33. The van der Waals surface area contributed by atoms with Gasteiger partial charge in [0.25, 0.3) is 11.8 Å². The largest absolute Gasteiger partial charge is 0.493 e. The second-order valence-corrected chi connectivity index (χ2v) is 9.76. The molecule has 0 radical (unpaired) electrons. The molecule has 10 nitrogen and oxygen atoms in total. The highest BCUT2D eigenvalue weighted by molar-refractivity contribution is 6.24. The number of benzene rings is 1. The predicted molar refractivity (Wildman–Crippen MR) is 130 cm³/mol. The zero-order valence-corrected chi connectivity index (χ0v) is 20.5. The number of piperidine rings is 2.